The van der Waals surface area contributed by atoms with Crippen LogP contribution < -0.4 is 0 Å². The molecule has 0 radical (unpaired) electrons. The van der Waals surface area contributed by atoms with Crippen molar-refractivity contribution in [2.75, 3.05) is 26.2 Å². The van der Waals surface area contributed by atoms with Crippen molar-refractivity contribution >= 4 is 23.6 Å². The Morgan fingerprint density at radius 3 is 2.29 bits per heavy atom. The number of pyridine rings is 1. The summed E-state index contributed by atoms with van der Waals surface area (Å²) in [6.45, 7) is 3.85. The molecule has 1 aliphatic rings. The molecule has 0 saturated carbocycles. The van der Waals surface area contributed by atoms with Gasteiger partial charge in [0.1, 0.15) is 5.03 Å². The highest BCUT2D eigenvalue weighted by Crippen LogP contribution is 2.29. The van der Waals surface area contributed by atoms with Gasteiger partial charge in [0.15, 0.2) is 0 Å². The third-order valence-electron chi connectivity index (χ3n) is 3.97. The number of nitrogens with zero attached hydrogens (tertiary/aromatic N) is 3. The Hall–Kier alpha value is -2.34. The van der Waals surface area contributed by atoms with E-state index >= 15 is 0 Å². The van der Waals surface area contributed by atoms with Crippen LogP contribution in [0.15, 0.2) is 58.6 Å². The van der Waals surface area contributed by atoms with E-state index in [0.717, 1.165) is 4.90 Å². The molecule has 2 aromatic rings. The number of hydrogen-bond donors (Lipinski definition) is 0. The van der Waals surface area contributed by atoms with E-state index in [-0.39, 0.29) is 11.8 Å². The fraction of sp³-hybridized carbons (Fsp3) is 0.278. The second-order valence-electron chi connectivity index (χ2n) is 5.57. The zero-order chi connectivity index (χ0) is 16.9. The molecule has 1 aliphatic heterocycles. The predicted molar refractivity (Wildman–Crippen MR) is 93.0 cm³/mol. The topological polar surface area (TPSA) is 53.5 Å². The van der Waals surface area contributed by atoms with Crippen molar-refractivity contribution in [2.24, 2.45) is 0 Å². The molecular formula is C18H19N3O2S. The van der Waals surface area contributed by atoms with Crippen LogP contribution in [0.4, 0.5) is 0 Å². The predicted octanol–water partition coefficient (Wildman–Crippen LogP) is 2.54. The van der Waals surface area contributed by atoms with Crippen molar-refractivity contribution in [3.63, 3.8) is 0 Å². The first-order valence-electron chi connectivity index (χ1n) is 7.88. The first-order chi connectivity index (χ1) is 11.6. The lowest BCUT2D eigenvalue weighted by molar-refractivity contribution is -0.130. The molecular weight excluding hydrogens is 322 g/mol. The van der Waals surface area contributed by atoms with Crippen LogP contribution in [0.2, 0.25) is 0 Å². The van der Waals surface area contributed by atoms with Crippen LogP contribution in [-0.4, -0.2) is 52.8 Å². The Kier molecular flexibility index (Phi) is 5.15. The summed E-state index contributed by atoms with van der Waals surface area (Å²) in [5.41, 5.74) is 0.614. The monoisotopic (exact) mass is 341 g/mol. The quantitative estimate of drug-likeness (QED) is 0.861. The van der Waals surface area contributed by atoms with Gasteiger partial charge in [0.05, 0.1) is 5.56 Å². The molecule has 0 atom stereocenters. The minimum absolute atomic E-state index is 0.0234. The molecule has 0 bridgehead atoms. The van der Waals surface area contributed by atoms with Gasteiger partial charge in [-0.1, -0.05) is 30.0 Å². The minimum atomic E-state index is -0.0234. The lowest BCUT2D eigenvalue weighted by atomic mass is 10.2. The van der Waals surface area contributed by atoms with Gasteiger partial charge in [-0.15, -0.1) is 0 Å². The summed E-state index contributed by atoms with van der Waals surface area (Å²) < 4.78 is 0. The number of piperazine rings is 1. The molecule has 1 aromatic carbocycles. The Labute approximate surface area is 145 Å². The molecule has 0 N–H and O–H groups in total. The number of amides is 2. The van der Waals surface area contributed by atoms with Gasteiger partial charge in [-0.3, -0.25) is 9.59 Å². The number of aromatic nitrogens is 1. The van der Waals surface area contributed by atoms with E-state index in [1.165, 1.54) is 11.8 Å². The fourth-order valence-electron chi connectivity index (χ4n) is 2.63. The molecule has 0 aliphatic carbocycles. The van der Waals surface area contributed by atoms with Crippen LogP contribution in [0.1, 0.15) is 17.3 Å². The maximum Gasteiger partial charge on any atom is 0.256 e. The number of hydrogen-bond acceptors (Lipinski definition) is 4. The largest absolute Gasteiger partial charge is 0.339 e. The second kappa shape index (κ2) is 7.49. The fourth-order valence-corrected chi connectivity index (χ4v) is 3.53. The summed E-state index contributed by atoms with van der Waals surface area (Å²) in [7, 11) is 0. The normalized spacial score (nSPS) is 14.5. The standard InChI is InChI=1S/C18H19N3O2S/c1-14(22)20-10-12-21(13-11-20)18(23)16-8-5-9-19-17(16)24-15-6-3-2-4-7-15/h2-9H,10-13H2,1H3. The van der Waals surface area contributed by atoms with Crippen LogP contribution >= 0.6 is 11.8 Å². The highest BCUT2D eigenvalue weighted by molar-refractivity contribution is 7.99. The summed E-state index contributed by atoms with van der Waals surface area (Å²) in [4.78, 5) is 33.3. The number of benzene rings is 1. The number of carbonyl (C=O) groups is 2. The summed E-state index contributed by atoms with van der Waals surface area (Å²) >= 11 is 1.49. The zero-order valence-electron chi connectivity index (χ0n) is 13.5. The van der Waals surface area contributed by atoms with Crippen molar-refractivity contribution in [3.8, 4) is 0 Å². The molecule has 5 nitrogen and oxygen atoms in total. The molecule has 124 valence electrons. The summed E-state index contributed by atoms with van der Waals surface area (Å²) in [6, 6.07) is 13.5. The molecule has 1 aromatic heterocycles. The van der Waals surface area contributed by atoms with Crippen molar-refractivity contribution in [1.82, 2.24) is 14.8 Å². The van der Waals surface area contributed by atoms with Crippen molar-refractivity contribution in [1.29, 1.82) is 0 Å². The molecule has 2 heterocycles. The Morgan fingerprint density at radius 1 is 0.958 bits per heavy atom. The molecule has 0 unspecified atom stereocenters. The van der Waals surface area contributed by atoms with Crippen LogP contribution in [0.25, 0.3) is 0 Å². The minimum Gasteiger partial charge on any atom is -0.339 e. The average Bonchev–Trinajstić information content (AvgIpc) is 2.62. The number of carbonyl (C=O) groups excluding carboxylic acids is 2. The SMILES string of the molecule is CC(=O)N1CCN(C(=O)c2cccnc2Sc2ccccc2)CC1. The van der Waals surface area contributed by atoms with Crippen LogP contribution in [-0.2, 0) is 4.79 Å². The highest BCUT2D eigenvalue weighted by atomic mass is 32.2. The molecule has 1 saturated heterocycles. The van der Waals surface area contributed by atoms with Gasteiger partial charge in [0.25, 0.3) is 5.91 Å². The zero-order valence-corrected chi connectivity index (χ0v) is 14.3. The van der Waals surface area contributed by atoms with E-state index in [4.69, 9.17) is 0 Å². The maximum atomic E-state index is 12.9. The molecule has 0 spiro atoms. The Bertz CT molecular complexity index is 728. The van der Waals surface area contributed by atoms with Gasteiger partial charge in [-0.25, -0.2) is 4.98 Å². The third-order valence-corrected chi connectivity index (χ3v) is 5.00. The maximum absolute atomic E-state index is 12.9. The third kappa shape index (κ3) is 3.76. The van der Waals surface area contributed by atoms with E-state index in [1.807, 2.05) is 36.4 Å². The second-order valence-corrected chi connectivity index (χ2v) is 6.63. The lowest BCUT2D eigenvalue weighted by Gasteiger charge is -2.34. The highest BCUT2D eigenvalue weighted by Gasteiger charge is 2.25. The van der Waals surface area contributed by atoms with E-state index < -0.39 is 0 Å². The first-order valence-corrected chi connectivity index (χ1v) is 8.69. The van der Waals surface area contributed by atoms with Gasteiger partial charge in [0.2, 0.25) is 5.91 Å². The van der Waals surface area contributed by atoms with Gasteiger partial charge in [0, 0.05) is 44.2 Å². The Balaban J connectivity index is 1.75. The smallest absolute Gasteiger partial charge is 0.256 e. The van der Waals surface area contributed by atoms with Gasteiger partial charge in [-0.05, 0) is 24.3 Å². The summed E-state index contributed by atoms with van der Waals surface area (Å²) in [5.74, 6) is 0.0357. The molecule has 6 heteroatoms. The van der Waals surface area contributed by atoms with Gasteiger partial charge < -0.3 is 9.80 Å². The van der Waals surface area contributed by atoms with Gasteiger partial charge >= 0.3 is 0 Å². The van der Waals surface area contributed by atoms with Crippen molar-refractivity contribution < 1.29 is 9.59 Å². The summed E-state index contributed by atoms with van der Waals surface area (Å²) in [5, 5.41) is 0.711. The first kappa shape index (κ1) is 16.5. The summed E-state index contributed by atoms with van der Waals surface area (Å²) in [6.07, 6.45) is 1.70. The van der Waals surface area contributed by atoms with Gasteiger partial charge in [-0.2, -0.15) is 0 Å². The number of rotatable bonds is 3. The van der Waals surface area contributed by atoms with Crippen LogP contribution in [0.3, 0.4) is 0 Å². The van der Waals surface area contributed by atoms with E-state index in [1.54, 1.807) is 29.0 Å². The molecule has 1 fully saturated rings. The van der Waals surface area contributed by atoms with Crippen LogP contribution in [0, 0.1) is 0 Å². The van der Waals surface area contributed by atoms with E-state index in [2.05, 4.69) is 4.98 Å². The van der Waals surface area contributed by atoms with E-state index in [9.17, 15) is 9.59 Å². The molecule has 3 rings (SSSR count). The van der Waals surface area contributed by atoms with Crippen molar-refractivity contribution in [3.05, 3.63) is 54.2 Å². The van der Waals surface area contributed by atoms with Crippen LogP contribution in [0.5, 0.6) is 0 Å². The lowest BCUT2D eigenvalue weighted by Crippen LogP contribution is -2.50. The average molecular weight is 341 g/mol. The molecule has 2 amide bonds. The van der Waals surface area contributed by atoms with Crippen molar-refractivity contribution in [2.45, 2.75) is 16.8 Å². The Morgan fingerprint density at radius 2 is 1.62 bits per heavy atom. The molecule has 24 heavy (non-hydrogen) atoms. The van der Waals surface area contributed by atoms with E-state index in [0.29, 0.717) is 36.8 Å².